The van der Waals surface area contributed by atoms with E-state index in [1.54, 1.807) is 37.3 Å². The van der Waals surface area contributed by atoms with E-state index in [2.05, 4.69) is 15.5 Å². The van der Waals surface area contributed by atoms with Gasteiger partial charge in [0.05, 0.1) is 17.3 Å². The predicted molar refractivity (Wildman–Crippen MR) is 129 cm³/mol. The number of halogens is 3. The van der Waals surface area contributed by atoms with Crippen LogP contribution in [0.3, 0.4) is 0 Å². The summed E-state index contributed by atoms with van der Waals surface area (Å²) in [5.41, 5.74) is 2.57. The molecular formula is C25H21ClF2N4OS. The second-order valence-corrected chi connectivity index (χ2v) is 9.08. The van der Waals surface area contributed by atoms with Crippen molar-refractivity contribution in [2.75, 3.05) is 0 Å². The first-order chi connectivity index (χ1) is 16.3. The van der Waals surface area contributed by atoms with Crippen LogP contribution < -0.4 is 5.32 Å². The largest absolute Gasteiger partial charge is 0.342 e. The molecule has 0 spiro atoms. The van der Waals surface area contributed by atoms with Crippen LogP contribution in [0.1, 0.15) is 40.3 Å². The molecule has 1 aromatic heterocycles. The third-order valence-electron chi connectivity index (χ3n) is 5.21. The van der Waals surface area contributed by atoms with Crippen molar-refractivity contribution in [3.63, 3.8) is 0 Å². The van der Waals surface area contributed by atoms with Crippen LogP contribution >= 0.6 is 23.4 Å². The number of nitrogens with zero attached hydrogens (tertiary/aromatic N) is 3. The molecule has 1 amide bonds. The van der Waals surface area contributed by atoms with Crippen LogP contribution in [-0.4, -0.2) is 20.7 Å². The van der Waals surface area contributed by atoms with Gasteiger partial charge in [0.15, 0.2) is 11.0 Å². The van der Waals surface area contributed by atoms with Crippen LogP contribution in [0.5, 0.6) is 0 Å². The summed E-state index contributed by atoms with van der Waals surface area (Å²) in [4.78, 5) is 12.7. The summed E-state index contributed by atoms with van der Waals surface area (Å²) in [6, 6.07) is 16.9. The van der Waals surface area contributed by atoms with Gasteiger partial charge in [0.2, 0.25) is 0 Å². The molecule has 3 aromatic carbocycles. The van der Waals surface area contributed by atoms with Crippen LogP contribution in [0, 0.1) is 18.6 Å². The SMILES string of the molecule is Cc1ccc(Cl)cc1-n1c(SCc2ccc(F)cc2)nnc1C(C)NC(=O)c1ccccc1F. The van der Waals surface area contributed by atoms with Gasteiger partial charge in [-0.05, 0) is 61.4 Å². The molecule has 0 saturated heterocycles. The van der Waals surface area contributed by atoms with Gasteiger partial charge in [0.1, 0.15) is 11.6 Å². The fraction of sp³-hybridized carbons (Fsp3) is 0.160. The van der Waals surface area contributed by atoms with Gasteiger partial charge < -0.3 is 5.32 Å². The predicted octanol–water partition coefficient (Wildman–Crippen LogP) is 6.29. The Balaban J connectivity index is 1.67. The number of aromatic nitrogens is 3. The monoisotopic (exact) mass is 498 g/mol. The van der Waals surface area contributed by atoms with Crippen molar-refractivity contribution in [2.24, 2.45) is 0 Å². The first-order valence-corrected chi connectivity index (χ1v) is 11.8. The average Bonchev–Trinajstić information content (AvgIpc) is 3.24. The van der Waals surface area contributed by atoms with Crippen molar-refractivity contribution in [2.45, 2.75) is 30.8 Å². The van der Waals surface area contributed by atoms with E-state index >= 15 is 0 Å². The van der Waals surface area contributed by atoms with E-state index in [4.69, 9.17) is 11.6 Å². The molecule has 5 nitrogen and oxygen atoms in total. The van der Waals surface area contributed by atoms with E-state index in [-0.39, 0.29) is 11.4 Å². The van der Waals surface area contributed by atoms with E-state index in [1.807, 2.05) is 17.6 Å². The summed E-state index contributed by atoms with van der Waals surface area (Å²) < 4.78 is 29.2. The van der Waals surface area contributed by atoms with Crippen molar-refractivity contribution >= 4 is 29.3 Å². The maximum Gasteiger partial charge on any atom is 0.254 e. The zero-order valence-corrected chi connectivity index (χ0v) is 20.0. The Kier molecular flexibility index (Phi) is 7.29. The van der Waals surface area contributed by atoms with Crippen LogP contribution in [0.4, 0.5) is 8.78 Å². The fourth-order valence-corrected chi connectivity index (χ4v) is 4.49. The Bertz CT molecular complexity index is 1330. The standard InChI is InChI=1S/C25H21ClF2N4OS/c1-15-7-10-18(26)13-22(15)32-23(16(2)29-24(33)20-5-3-4-6-21(20)28)30-31-25(32)34-14-17-8-11-19(27)12-9-17/h3-13,16H,14H2,1-2H3,(H,29,33). The van der Waals surface area contributed by atoms with Crippen molar-refractivity contribution in [1.29, 1.82) is 0 Å². The van der Waals surface area contributed by atoms with E-state index in [1.165, 1.54) is 42.1 Å². The van der Waals surface area contributed by atoms with Gasteiger partial charge in [-0.3, -0.25) is 9.36 Å². The summed E-state index contributed by atoms with van der Waals surface area (Å²) in [7, 11) is 0. The lowest BCUT2D eigenvalue weighted by Crippen LogP contribution is -2.29. The highest BCUT2D eigenvalue weighted by Crippen LogP contribution is 2.30. The smallest absolute Gasteiger partial charge is 0.254 e. The summed E-state index contributed by atoms with van der Waals surface area (Å²) >= 11 is 7.70. The van der Waals surface area contributed by atoms with Gasteiger partial charge in [0, 0.05) is 10.8 Å². The van der Waals surface area contributed by atoms with Crippen molar-refractivity contribution in [3.05, 3.63) is 106 Å². The molecule has 9 heteroatoms. The normalized spacial score (nSPS) is 11.9. The summed E-state index contributed by atoms with van der Waals surface area (Å²) in [6.45, 7) is 3.69. The number of carbonyl (C=O) groups excluding carboxylic acids is 1. The number of aryl methyl sites for hydroxylation is 1. The second kappa shape index (κ2) is 10.4. The number of thioether (sulfide) groups is 1. The third-order valence-corrected chi connectivity index (χ3v) is 6.44. The number of hydrogen-bond donors (Lipinski definition) is 1. The highest BCUT2D eigenvalue weighted by Gasteiger charge is 2.23. The topological polar surface area (TPSA) is 59.8 Å². The highest BCUT2D eigenvalue weighted by molar-refractivity contribution is 7.98. The average molecular weight is 499 g/mol. The molecule has 174 valence electrons. The number of amides is 1. The lowest BCUT2D eigenvalue weighted by Gasteiger charge is -2.18. The van der Waals surface area contributed by atoms with Gasteiger partial charge in [-0.2, -0.15) is 0 Å². The number of nitrogens with one attached hydrogen (secondary N) is 1. The molecule has 1 unspecified atom stereocenters. The molecule has 0 bridgehead atoms. The summed E-state index contributed by atoms with van der Waals surface area (Å²) in [5.74, 6) is -0.447. The highest BCUT2D eigenvalue weighted by atomic mass is 35.5. The Morgan fingerprint density at radius 3 is 2.56 bits per heavy atom. The Hall–Kier alpha value is -3.23. The zero-order valence-electron chi connectivity index (χ0n) is 18.4. The molecule has 0 fully saturated rings. The van der Waals surface area contributed by atoms with Gasteiger partial charge in [-0.1, -0.05) is 53.7 Å². The van der Waals surface area contributed by atoms with Crippen LogP contribution in [0.15, 0.2) is 71.9 Å². The maximum atomic E-state index is 14.1. The minimum Gasteiger partial charge on any atom is -0.342 e. The van der Waals surface area contributed by atoms with Crippen molar-refractivity contribution < 1.29 is 13.6 Å². The van der Waals surface area contributed by atoms with E-state index in [0.717, 1.165) is 16.8 Å². The number of benzene rings is 3. The number of rotatable bonds is 7. The molecule has 4 aromatic rings. The molecule has 0 aliphatic rings. The Morgan fingerprint density at radius 1 is 1.09 bits per heavy atom. The molecular weight excluding hydrogens is 478 g/mol. The zero-order chi connectivity index (χ0) is 24.2. The van der Waals surface area contributed by atoms with Crippen molar-refractivity contribution in [1.82, 2.24) is 20.1 Å². The molecule has 1 N–H and O–H groups in total. The second-order valence-electron chi connectivity index (χ2n) is 7.70. The van der Waals surface area contributed by atoms with Gasteiger partial charge in [0.25, 0.3) is 5.91 Å². The minimum atomic E-state index is -0.602. The molecule has 1 heterocycles. The summed E-state index contributed by atoms with van der Waals surface area (Å²) in [6.07, 6.45) is 0. The first kappa shape index (κ1) is 23.9. The van der Waals surface area contributed by atoms with E-state index < -0.39 is 17.8 Å². The van der Waals surface area contributed by atoms with E-state index in [0.29, 0.717) is 21.8 Å². The van der Waals surface area contributed by atoms with Crippen molar-refractivity contribution in [3.8, 4) is 5.69 Å². The molecule has 0 aliphatic heterocycles. The van der Waals surface area contributed by atoms with Crippen LogP contribution in [0.2, 0.25) is 5.02 Å². The molecule has 0 aliphatic carbocycles. The van der Waals surface area contributed by atoms with Gasteiger partial charge >= 0.3 is 0 Å². The Labute approximate surface area is 205 Å². The molecule has 1 atom stereocenters. The molecule has 0 radical (unpaired) electrons. The van der Waals surface area contributed by atoms with Crippen LogP contribution in [0.25, 0.3) is 5.69 Å². The van der Waals surface area contributed by atoms with E-state index in [9.17, 15) is 13.6 Å². The third kappa shape index (κ3) is 5.29. The first-order valence-electron chi connectivity index (χ1n) is 10.5. The molecule has 4 rings (SSSR count). The maximum absolute atomic E-state index is 14.1. The molecule has 34 heavy (non-hydrogen) atoms. The quantitative estimate of drug-likeness (QED) is 0.304. The number of carbonyl (C=O) groups is 1. The van der Waals surface area contributed by atoms with Gasteiger partial charge in [-0.15, -0.1) is 10.2 Å². The van der Waals surface area contributed by atoms with Gasteiger partial charge in [-0.25, -0.2) is 8.78 Å². The summed E-state index contributed by atoms with van der Waals surface area (Å²) in [5, 5.41) is 12.6. The fourth-order valence-electron chi connectivity index (χ4n) is 3.42. The lowest BCUT2D eigenvalue weighted by atomic mass is 10.1. The van der Waals surface area contributed by atoms with Crippen LogP contribution in [-0.2, 0) is 5.75 Å². The molecule has 0 saturated carbocycles. The Morgan fingerprint density at radius 2 is 1.82 bits per heavy atom. The lowest BCUT2D eigenvalue weighted by molar-refractivity contribution is 0.0934. The number of hydrogen-bond acceptors (Lipinski definition) is 4. The minimum absolute atomic E-state index is 0.0507.